The Kier molecular flexibility index (Phi) is 5.02. The lowest BCUT2D eigenvalue weighted by Crippen LogP contribution is -2.09. The van der Waals surface area contributed by atoms with Crippen molar-refractivity contribution < 1.29 is 18.7 Å². The summed E-state index contributed by atoms with van der Waals surface area (Å²) in [4.78, 5) is 2.04. The van der Waals surface area contributed by atoms with Gasteiger partial charge in [-0.05, 0) is 24.3 Å². The van der Waals surface area contributed by atoms with Crippen LogP contribution in [-0.2, 0) is 0 Å². The number of para-hydroxylation sites is 1. The van der Waals surface area contributed by atoms with Crippen LogP contribution in [0.4, 0.5) is 5.69 Å². The minimum atomic E-state index is 0.542. The number of methoxy groups -OCH3 is 3. The second-order valence-corrected chi connectivity index (χ2v) is 5.90. The van der Waals surface area contributed by atoms with Gasteiger partial charge in [0.1, 0.15) is 5.69 Å². The molecule has 0 radical (unpaired) electrons. The van der Waals surface area contributed by atoms with Gasteiger partial charge in [-0.3, -0.25) is 0 Å². The van der Waals surface area contributed by atoms with Gasteiger partial charge in [0.2, 0.25) is 5.75 Å². The molecule has 0 spiro atoms. The molecule has 0 fully saturated rings. The summed E-state index contributed by atoms with van der Waals surface area (Å²) < 4.78 is 21.8. The quantitative estimate of drug-likeness (QED) is 0.664. The first-order valence-electron chi connectivity index (χ1n) is 8.12. The van der Waals surface area contributed by atoms with E-state index in [-0.39, 0.29) is 0 Å². The molecule has 26 heavy (non-hydrogen) atoms. The maximum Gasteiger partial charge on any atom is 0.203 e. The molecule has 1 aromatic heterocycles. The molecule has 0 bridgehead atoms. The van der Waals surface area contributed by atoms with E-state index in [0.717, 1.165) is 16.8 Å². The zero-order chi connectivity index (χ0) is 18.7. The van der Waals surface area contributed by atoms with Crippen molar-refractivity contribution >= 4 is 5.69 Å². The van der Waals surface area contributed by atoms with Crippen LogP contribution in [0, 0.1) is 0 Å². The number of hydrogen-bond acceptors (Lipinski definition) is 6. The third-order valence-corrected chi connectivity index (χ3v) is 4.12. The van der Waals surface area contributed by atoms with Gasteiger partial charge in [-0.1, -0.05) is 17.3 Å². The molecule has 0 amide bonds. The molecule has 0 saturated carbocycles. The summed E-state index contributed by atoms with van der Waals surface area (Å²) in [5, 5.41) is 4.22. The van der Waals surface area contributed by atoms with Gasteiger partial charge >= 0.3 is 0 Å². The van der Waals surface area contributed by atoms with E-state index in [4.69, 9.17) is 18.7 Å². The summed E-state index contributed by atoms with van der Waals surface area (Å²) in [5.74, 6) is 2.37. The topological polar surface area (TPSA) is 57.0 Å². The van der Waals surface area contributed by atoms with Gasteiger partial charge in [-0.25, -0.2) is 0 Å². The van der Waals surface area contributed by atoms with Crippen molar-refractivity contribution in [3.8, 4) is 39.8 Å². The molecule has 136 valence electrons. The van der Waals surface area contributed by atoms with Crippen LogP contribution >= 0.6 is 0 Å². The monoisotopic (exact) mass is 354 g/mol. The zero-order valence-corrected chi connectivity index (χ0v) is 15.6. The van der Waals surface area contributed by atoms with Gasteiger partial charge in [0.25, 0.3) is 0 Å². The lowest BCUT2D eigenvalue weighted by atomic mass is 10.1. The molecule has 0 atom stereocenters. The smallest absolute Gasteiger partial charge is 0.203 e. The Bertz CT molecular complexity index is 877. The minimum Gasteiger partial charge on any atom is -0.493 e. The number of hydrogen-bond donors (Lipinski definition) is 0. The SMILES string of the molecule is COc1cc(-c2cc(-c3ccccc3N(C)C)on2)cc(OC)c1OC. The first kappa shape index (κ1) is 17.7. The zero-order valence-electron chi connectivity index (χ0n) is 15.6. The van der Waals surface area contributed by atoms with Crippen molar-refractivity contribution in [2.45, 2.75) is 0 Å². The molecular formula is C20H22N2O4. The third kappa shape index (κ3) is 3.18. The lowest BCUT2D eigenvalue weighted by Gasteiger charge is -2.15. The highest BCUT2D eigenvalue weighted by Crippen LogP contribution is 2.41. The van der Waals surface area contributed by atoms with Gasteiger partial charge in [0, 0.05) is 37.0 Å². The third-order valence-electron chi connectivity index (χ3n) is 4.12. The number of aromatic nitrogens is 1. The van der Waals surface area contributed by atoms with E-state index < -0.39 is 0 Å². The predicted octanol–water partition coefficient (Wildman–Crippen LogP) is 4.10. The minimum absolute atomic E-state index is 0.542. The molecule has 0 aliphatic heterocycles. The van der Waals surface area contributed by atoms with Crippen molar-refractivity contribution in [3.05, 3.63) is 42.5 Å². The molecule has 0 unspecified atom stereocenters. The van der Waals surface area contributed by atoms with E-state index in [1.54, 1.807) is 21.3 Å². The van der Waals surface area contributed by atoms with E-state index in [0.29, 0.717) is 28.7 Å². The van der Waals surface area contributed by atoms with E-state index in [1.807, 2.05) is 61.5 Å². The van der Waals surface area contributed by atoms with E-state index in [9.17, 15) is 0 Å². The maximum atomic E-state index is 5.61. The second-order valence-electron chi connectivity index (χ2n) is 5.90. The molecule has 6 heteroatoms. The predicted molar refractivity (Wildman–Crippen MR) is 101 cm³/mol. The lowest BCUT2D eigenvalue weighted by molar-refractivity contribution is 0.324. The molecule has 0 saturated heterocycles. The average Bonchev–Trinajstić information content (AvgIpc) is 3.16. The van der Waals surface area contributed by atoms with Crippen molar-refractivity contribution in [2.24, 2.45) is 0 Å². The number of anilines is 1. The Hall–Kier alpha value is -3.15. The van der Waals surface area contributed by atoms with Crippen LogP contribution in [0.5, 0.6) is 17.2 Å². The first-order valence-corrected chi connectivity index (χ1v) is 8.12. The van der Waals surface area contributed by atoms with Crippen LogP contribution in [0.25, 0.3) is 22.6 Å². The summed E-state index contributed by atoms with van der Waals surface area (Å²) in [7, 11) is 8.74. The fourth-order valence-electron chi connectivity index (χ4n) is 2.84. The van der Waals surface area contributed by atoms with Gasteiger partial charge in [-0.2, -0.15) is 0 Å². The van der Waals surface area contributed by atoms with Gasteiger partial charge < -0.3 is 23.6 Å². The van der Waals surface area contributed by atoms with Crippen molar-refractivity contribution in [2.75, 3.05) is 40.3 Å². The number of rotatable bonds is 6. The maximum absolute atomic E-state index is 5.61. The van der Waals surface area contributed by atoms with Crippen LogP contribution in [0.3, 0.4) is 0 Å². The van der Waals surface area contributed by atoms with Crippen LogP contribution in [0.1, 0.15) is 0 Å². The Morgan fingerprint density at radius 1 is 0.885 bits per heavy atom. The van der Waals surface area contributed by atoms with E-state index >= 15 is 0 Å². The second kappa shape index (κ2) is 7.39. The van der Waals surface area contributed by atoms with Gasteiger partial charge in [0.05, 0.1) is 21.3 Å². The molecular weight excluding hydrogens is 332 g/mol. The fourth-order valence-corrected chi connectivity index (χ4v) is 2.84. The van der Waals surface area contributed by atoms with Crippen LogP contribution in [0.2, 0.25) is 0 Å². The summed E-state index contributed by atoms with van der Waals surface area (Å²) in [5.41, 5.74) is 3.54. The molecule has 3 aromatic rings. The standard InChI is InChI=1S/C20H22N2O4/c1-22(2)16-9-7-6-8-14(16)17-12-15(21-26-17)13-10-18(23-3)20(25-5)19(11-13)24-4/h6-12H,1-5H3. The summed E-state index contributed by atoms with van der Waals surface area (Å²) >= 11 is 0. The molecule has 0 aliphatic rings. The normalized spacial score (nSPS) is 10.5. The molecule has 1 heterocycles. The van der Waals surface area contributed by atoms with Crippen LogP contribution < -0.4 is 19.1 Å². The van der Waals surface area contributed by atoms with E-state index in [1.165, 1.54) is 0 Å². The Labute approximate surface area is 152 Å². The molecule has 2 aromatic carbocycles. The molecule has 0 aliphatic carbocycles. The summed E-state index contributed by atoms with van der Waals surface area (Å²) in [6.07, 6.45) is 0. The van der Waals surface area contributed by atoms with Crippen molar-refractivity contribution in [1.82, 2.24) is 5.16 Å². The summed E-state index contributed by atoms with van der Waals surface area (Å²) in [6.45, 7) is 0. The number of nitrogens with zero attached hydrogens (tertiary/aromatic N) is 2. The van der Waals surface area contributed by atoms with E-state index in [2.05, 4.69) is 5.16 Å². The van der Waals surface area contributed by atoms with Crippen molar-refractivity contribution in [3.63, 3.8) is 0 Å². The largest absolute Gasteiger partial charge is 0.493 e. The van der Waals surface area contributed by atoms with Gasteiger partial charge in [-0.15, -0.1) is 0 Å². The van der Waals surface area contributed by atoms with Crippen molar-refractivity contribution in [1.29, 1.82) is 0 Å². The van der Waals surface area contributed by atoms with Gasteiger partial charge in [0.15, 0.2) is 17.3 Å². The average molecular weight is 354 g/mol. The fraction of sp³-hybridized carbons (Fsp3) is 0.250. The molecule has 6 nitrogen and oxygen atoms in total. The molecule has 3 rings (SSSR count). The number of benzene rings is 2. The highest BCUT2D eigenvalue weighted by Gasteiger charge is 2.18. The highest BCUT2D eigenvalue weighted by molar-refractivity contribution is 5.78. The molecule has 0 N–H and O–H groups in total. The van der Waals surface area contributed by atoms with Crippen LogP contribution in [-0.4, -0.2) is 40.6 Å². The Morgan fingerprint density at radius 3 is 2.12 bits per heavy atom. The number of ether oxygens (including phenoxy) is 3. The van der Waals surface area contributed by atoms with Crippen LogP contribution in [0.15, 0.2) is 47.0 Å². The highest BCUT2D eigenvalue weighted by atomic mass is 16.5. The Morgan fingerprint density at radius 2 is 1.54 bits per heavy atom. The summed E-state index contributed by atoms with van der Waals surface area (Å²) in [6, 6.07) is 13.6. The first-order chi connectivity index (χ1) is 12.6. The Balaban J connectivity index is 2.06.